The summed E-state index contributed by atoms with van der Waals surface area (Å²) >= 11 is 0. The molecule has 5 nitrogen and oxygen atoms in total. The van der Waals surface area contributed by atoms with Gasteiger partial charge in [0, 0.05) is 30.4 Å². The molecule has 3 heterocycles. The van der Waals surface area contributed by atoms with E-state index >= 15 is 0 Å². The summed E-state index contributed by atoms with van der Waals surface area (Å²) in [6.07, 6.45) is 5.28. The third-order valence-electron chi connectivity index (χ3n) is 4.75. The van der Waals surface area contributed by atoms with Crippen molar-refractivity contribution in [2.45, 2.75) is 6.42 Å². The van der Waals surface area contributed by atoms with Crippen LogP contribution in [0.1, 0.15) is 12.1 Å². The predicted octanol–water partition coefficient (Wildman–Crippen LogP) is 3.56. The Labute approximate surface area is 155 Å². The molecule has 0 unspecified atom stereocenters. The minimum Gasteiger partial charge on any atom is -0.339 e. The van der Waals surface area contributed by atoms with E-state index in [-0.39, 0.29) is 0 Å². The standard InChI is InChI=1S/C19H17F2N3O2S/c1-27(25,26)24-8-5-12(6-9-24)18-11-15-14(4-7-22-19(15)23-18)13-2-3-16(20)17(21)10-13/h2-5,7,10-11H,6,8-9H2,1H3,(H,22,23). The molecule has 0 amide bonds. The van der Waals surface area contributed by atoms with Crippen LogP contribution >= 0.6 is 0 Å². The first-order valence-corrected chi connectivity index (χ1v) is 10.3. The molecule has 0 saturated carbocycles. The van der Waals surface area contributed by atoms with E-state index < -0.39 is 21.7 Å². The lowest BCUT2D eigenvalue weighted by Crippen LogP contribution is -2.33. The topological polar surface area (TPSA) is 66.1 Å². The Morgan fingerprint density at radius 2 is 1.96 bits per heavy atom. The zero-order chi connectivity index (χ0) is 19.2. The molecule has 0 radical (unpaired) electrons. The number of nitrogens with zero attached hydrogens (tertiary/aromatic N) is 2. The number of H-pyrrole nitrogens is 1. The second-order valence-corrected chi connectivity index (χ2v) is 8.52. The van der Waals surface area contributed by atoms with Gasteiger partial charge in [0.05, 0.1) is 6.26 Å². The Hall–Kier alpha value is -2.58. The van der Waals surface area contributed by atoms with Crippen LogP contribution in [0.25, 0.3) is 27.7 Å². The van der Waals surface area contributed by atoms with Crippen molar-refractivity contribution >= 4 is 26.6 Å². The van der Waals surface area contributed by atoms with Gasteiger partial charge >= 0.3 is 0 Å². The SMILES string of the molecule is CS(=O)(=O)N1CC=C(c2cc3c(-c4ccc(F)c(F)c4)ccnc3[nH]2)CC1. The second-order valence-electron chi connectivity index (χ2n) is 6.53. The fraction of sp³-hybridized carbons (Fsp3) is 0.211. The van der Waals surface area contributed by atoms with Crippen molar-refractivity contribution in [1.82, 2.24) is 14.3 Å². The zero-order valence-electron chi connectivity index (χ0n) is 14.5. The number of pyridine rings is 1. The highest BCUT2D eigenvalue weighted by molar-refractivity contribution is 7.88. The Balaban J connectivity index is 1.73. The summed E-state index contributed by atoms with van der Waals surface area (Å²) in [4.78, 5) is 7.56. The molecule has 0 aliphatic carbocycles. The monoisotopic (exact) mass is 389 g/mol. The smallest absolute Gasteiger partial charge is 0.211 e. The van der Waals surface area contributed by atoms with Crippen LogP contribution in [-0.4, -0.2) is 42.0 Å². The van der Waals surface area contributed by atoms with Gasteiger partial charge in [0.2, 0.25) is 10.0 Å². The fourth-order valence-corrected chi connectivity index (χ4v) is 4.08. The number of fused-ring (bicyclic) bond motifs is 1. The first-order valence-electron chi connectivity index (χ1n) is 8.40. The number of sulfonamides is 1. The molecule has 3 aromatic rings. The quantitative estimate of drug-likeness (QED) is 0.745. The molecular formula is C19H17F2N3O2S. The number of nitrogens with one attached hydrogen (secondary N) is 1. The first-order chi connectivity index (χ1) is 12.8. The number of hydrogen-bond acceptors (Lipinski definition) is 3. The van der Waals surface area contributed by atoms with Crippen molar-refractivity contribution in [2.75, 3.05) is 19.3 Å². The molecule has 0 spiro atoms. The van der Waals surface area contributed by atoms with Crippen LogP contribution in [0.5, 0.6) is 0 Å². The summed E-state index contributed by atoms with van der Waals surface area (Å²) in [6.45, 7) is 0.747. The average molecular weight is 389 g/mol. The number of aromatic amines is 1. The van der Waals surface area contributed by atoms with Crippen molar-refractivity contribution in [2.24, 2.45) is 0 Å². The molecule has 4 rings (SSSR count). The minimum atomic E-state index is -3.21. The van der Waals surface area contributed by atoms with E-state index in [1.165, 1.54) is 22.7 Å². The number of hydrogen-bond donors (Lipinski definition) is 1. The van der Waals surface area contributed by atoms with Crippen molar-refractivity contribution < 1.29 is 17.2 Å². The lowest BCUT2D eigenvalue weighted by molar-refractivity contribution is 0.445. The van der Waals surface area contributed by atoms with Crippen LogP contribution in [0, 0.1) is 11.6 Å². The molecular weight excluding hydrogens is 372 g/mol. The number of aromatic nitrogens is 2. The van der Waals surface area contributed by atoms with Crippen LogP contribution in [0.4, 0.5) is 8.78 Å². The summed E-state index contributed by atoms with van der Waals surface area (Å²) in [5, 5.41) is 0.796. The van der Waals surface area contributed by atoms with Gasteiger partial charge in [0.15, 0.2) is 11.6 Å². The summed E-state index contributed by atoms with van der Waals surface area (Å²) in [7, 11) is -3.21. The molecule has 27 heavy (non-hydrogen) atoms. The zero-order valence-corrected chi connectivity index (χ0v) is 15.4. The minimum absolute atomic E-state index is 0.326. The van der Waals surface area contributed by atoms with Gasteiger partial charge in [-0.25, -0.2) is 22.2 Å². The summed E-state index contributed by atoms with van der Waals surface area (Å²) in [5.41, 5.74) is 3.80. The highest BCUT2D eigenvalue weighted by atomic mass is 32.2. The van der Waals surface area contributed by atoms with Gasteiger partial charge in [-0.3, -0.25) is 0 Å². The molecule has 0 fully saturated rings. The molecule has 1 aliphatic heterocycles. The van der Waals surface area contributed by atoms with Crippen LogP contribution in [0.15, 0.2) is 42.6 Å². The van der Waals surface area contributed by atoms with E-state index in [9.17, 15) is 17.2 Å². The Kier molecular flexibility index (Phi) is 4.32. The molecule has 140 valence electrons. The van der Waals surface area contributed by atoms with E-state index in [4.69, 9.17) is 0 Å². The highest BCUT2D eigenvalue weighted by Crippen LogP contribution is 2.32. The van der Waals surface area contributed by atoms with E-state index in [0.717, 1.165) is 28.3 Å². The van der Waals surface area contributed by atoms with Crippen LogP contribution < -0.4 is 0 Å². The molecule has 1 aromatic carbocycles. The molecule has 1 aliphatic rings. The number of rotatable bonds is 3. The van der Waals surface area contributed by atoms with Gasteiger partial charge in [-0.2, -0.15) is 4.31 Å². The lowest BCUT2D eigenvalue weighted by Gasteiger charge is -2.23. The molecule has 0 atom stereocenters. The van der Waals surface area contributed by atoms with Gasteiger partial charge in [0.25, 0.3) is 0 Å². The Bertz CT molecular complexity index is 1170. The van der Waals surface area contributed by atoms with Crippen LogP contribution in [-0.2, 0) is 10.0 Å². The van der Waals surface area contributed by atoms with E-state index in [1.807, 2.05) is 12.1 Å². The molecule has 2 aromatic heterocycles. The van der Waals surface area contributed by atoms with Gasteiger partial charge in [-0.15, -0.1) is 0 Å². The van der Waals surface area contributed by atoms with Gasteiger partial charge < -0.3 is 4.98 Å². The first kappa shape index (κ1) is 17.8. The van der Waals surface area contributed by atoms with Crippen molar-refractivity contribution in [3.8, 4) is 11.1 Å². The van der Waals surface area contributed by atoms with Crippen molar-refractivity contribution in [3.05, 3.63) is 59.9 Å². The maximum Gasteiger partial charge on any atom is 0.211 e. The molecule has 0 saturated heterocycles. The average Bonchev–Trinajstić information content (AvgIpc) is 3.08. The maximum absolute atomic E-state index is 13.6. The molecule has 1 N–H and O–H groups in total. The fourth-order valence-electron chi connectivity index (χ4n) is 3.31. The number of halogens is 2. The summed E-state index contributed by atoms with van der Waals surface area (Å²) in [5.74, 6) is -1.79. The van der Waals surface area contributed by atoms with E-state index in [2.05, 4.69) is 9.97 Å². The van der Waals surface area contributed by atoms with Crippen molar-refractivity contribution in [1.29, 1.82) is 0 Å². The van der Waals surface area contributed by atoms with Gasteiger partial charge in [-0.05, 0) is 47.4 Å². The summed E-state index contributed by atoms with van der Waals surface area (Å²) in [6, 6.07) is 7.48. The van der Waals surface area contributed by atoms with E-state index in [0.29, 0.717) is 30.7 Å². The predicted molar refractivity (Wildman–Crippen MR) is 100 cm³/mol. The van der Waals surface area contributed by atoms with Crippen LogP contribution in [0.3, 0.4) is 0 Å². The van der Waals surface area contributed by atoms with Gasteiger partial charge in [-0.1, -0.05) is 12.1 Å². The number of benzene rings is 1. The summed E-state index contributed by atoms with van der Waals surface area (Å²) < 4.78 is 51.6. The molecule has 0 bridgehead atoms. The van der Waals surface area contributed by atoms with Crippen LogP contribution in [0.2, 0.25) is 0 Å². The Morgan fingerprint density at radius 3 is 2.63 bits per heavy atom. The Morgan fingerprint density at radius 1 is 1.15 bits per heavy atom. The van der Waals surface area contributed by atoms with Crippen molar-refractivity contribution in [3.63, 3.8) is 0 Å². The maximum atomic E-state index is 13.6. The normalized spacial score (nSPS) is 15.9. The third-order valence-corrected chi connectivity index (χ3v) is 6.02. The van der Waals surface area contributed by atoms with Gasteiger partial charge in [0.1, 0.15) is 5.65 Å². The lowest BCUT2D eigenvalue weighted by atomic mass is 10.0. The second kappa shape index (κ2) is 6.54. The van der Waals surface area contributed by atoms with E-state index in [1.54, 1.807) is 12.3 Å². The highest BCUT2D eigenvalue weighted by Gasteiger charge is 2.21. The molecule has 8 heteroatoms. The largest absolute Gasteiger partial charge is 0.339 e. The third kappa shape index (κ3) is 3.38.